The molecule has 1 N–H and O–H groups in total. The standard InChI is InChI=1S/C18H28N2O2/c1-4-10-17(21)20(14-15-11-8-7-9-12-15)16(6-3)18(22)19-13-5-2/h7-9,11-12,16H,4-6,10,13-14H2,1-3H3,(H,19,22). The van der Waals surface area contributed by atoms with Crippen molar-refractivity contribution in [2.24, 2.45) is 0 Å². The molecule has 0 spiro atoms. The highest BCUT2D eigenvalue weighted by molar-refractivity contribution is 5.87. The second-order valence-electron chi connectivity index (χ2n) is 5.47. The van der Waals surface area contributed by atoms with E-state index in [0.717, 1.165) is 18.4 Å². The largest absolute Gasteiger partial charge is 0.354 e. The van der Waals surface area contributed by atoms with Crippen molar-refractivity contribution in [1.82, 2.24) is 10.2 Å². The molecule has 1 atom stereocenters. The predicted molar refractivity (Wildman–Crippen MR) is 89.3 cm³/mol. The molecule has 0 radical (unpaired) electrons. The summed E-state index contributed by atoms with van der Waals surface area (Å²) in [6, 6.07) is 9.44. The summed E-state index contributed by atoms with van der Waals surface area (Å²) < 4.78 is 0. The van der Waals surface area contributed by atoms with Crippen LogP contribution in [-0.4, -0.2) is 29.3 Å². The molecule has 2 amide bonds. The Labute approximate surface area is 133 Å². The lowest BCUT2D eigenvalue weighted by Gasteiger charge is -2.30. The zero-order chi connectivity index (χ0) is 16.4. The summed E-state index contributed by atoms with van der Waals surface area (Å²) in [7, 11) is 0. The van der Waals surface area contributed by atoms with Crippen LogP contribution in [0.2, 0.25) is 0 Å². The van der Waals surface area contributed by atoms with Gasteiger partial charge in [0.25, 0.3) is 0 Å². The lowest BCUT2D eigenvalue weighted by molar-refractivity contribution is -0.141. The Morgan fingerprint density at radius 2 is 1.77 bits per heavy atom. The highest BCUT2D eigenvalue weighted by atomic mass is 16.2. The Balaban J connectivity index is 2.91. The minimum atomic E-state index is -0.397. The number of hydrogen-bond acceptors (Lipinski definition) is 2. The van der Waals surface area contributed by atoms with Crippen molar-refractivity contribution in [3.05, 3.63) is 35.9 Å². The van der Waals surface area contributed by atoms with Gasteiger partial charge >= 0.3 is 0 Å². The van der Waals surface area contributed by atoms with Crippen molar-refractivity contribution in [3.8, 4) is 0 Å². The quantitative estimate of drug-likeness (QED) is 0.762. The third kappa shape index (κ3) is 5.51. The maximum Gasteiger partial charge on any atom is 0.242 e. The highest BCUT2D eigenvalue weighted by Crippen LogP contribution is 2.14. The minimum Gasteiger partial charge on any atom is -0.354 e. The van der Waals surface area contributed by atoms with E-state index in [1.165, 1.54) is 0 Å². The molecule has 0 heterocycles. The van der Waals surface area contributed by atoms with Crippen molar-refractivity contribution in [2.45, 2.75) is 59.0 Å². The molecular formula is C18H28N2O2. The summed E-state index contributed by atoms with van der Waals surface area (Å²) in [6.07, 6.45) is 2.78. The fourth-order valence-corrected chi connectivity index (χ4v) is 2.42. The SMILES string of the molecule is CCCNC(=O)C(CC)N(Cc1ccccc1)C(=O)CCC. The number of amides is 2. The van der Waals surface area contributed by atoms with Crippen LogP contribution in [0.5, 0.6) is 0 Å². The van der Waals surface area contributed by atoms with E-state index in [1.807, 2.05) is 51.1 Å². The summed E-state index contributed by atoms with van der Waals surface area (Å²) in [5.41, 5.74) is 1.05. The van der Waals surface area contributed by atoms with Crippen LogP contribution < -0.4 is 5.32 Å². The zero-order valence-electron chi connectivity index (χ0n) is 14.0. The molecule has 122 valence electrons. The predicted octanol–water partition coefficient (Wildman–Crippen LogP) is 3.12. The molecule has 0 bridgehead atoms. The van der Waals surface area contributed by atoms with Gasteiger partial charge in [0.1, 0.15) is 6.04 Å². The van der Waals surface area contributed by atoms with Crippen molar-refractivity contribution in [3.63, 3.8) is 0 Å². The van der Waals surface area contributed by atoms with Gasteiger partial charge in [0.05, 0.1) is 0 Å². The summed E-state index contributed by atoms with van der Waals surface area (Å²) >= 11 is 0. The monoisotopic (exact) mass is 304 g/mol. The molecule has 1 aromatic carbocycles. The first-order chi connectivity index (χ1) is 10.6. The molecule has 0 aliphatic carbocycles. The van der Waals surface area contributed by atoms with Gasteiger partial charge in [-0.2, -0.15) is 0 Å². The second kappa shape index (κ2) is 9.98. The van der Waals surface area contributed by atoms with Crippen molar-refractivity contribution < 1.29 is 9.59 Å². The first-order valence-electron chi connectivity index (χ1n) is 8.25. The molecule has 0 aliphatic rings. The Bertz CT molecular complexity index is 459. The first-order valence-corrected chi connectivity index (χ1v) is 8.25. The fourth-order valence-electron chi connectivity index (χ4n) is 2.42. The number of nitrogens with zero attached hydrogens (tertiary/aromatic N) is 1. The highest BCUT2D eigenvalue weighted by Gasteiger charge is 2.27. The summed E-state index contributed by atoms with van der Waals surface area (Å²) in [6.45, 7) is 7.09. The van der Waals surface area contributed by atoms with Crippen LogP contribution in [0.3, 0.4) is 0 Å². The van der Waals surface area contributed by atoms with Crippen LogP contribution in [0, 0.1) is 0 Å². The average molecular weight is 304 g/mol. The molecule has 0 aliphatic heterocycles. The Morgan fingerprint density at radius 3 is 2.32 bits per heavy atom. The van der Waals surface area contributed by atoms with Gasteiger partial charge in [0.15, 0.2) is 0 Å². The van der Waals surface area contributed by atoms with Gasteiger partial charge in [-0.1, -0.05) is 51.1 Å². The zero-order valence-corrected chi connectivity index (χ0v) is 14.0. The summed E-state index contributed by atoms with van der Waals surface area (Å²) in [5.74, 6) is -0.00501. The van der Waals surface area contributed by atoms with E-state index in [-0.39, 0.29) is 11.8 Å². The van der Waals surface area contributed by atoms with Gasteiger partial charge in [0, 0.05) is 19.5 Å². The third-order valence-corrected chi connectivity index (χ3v) is 3.59. The van der Waals surface area contributed by atoms with E-state index in [4.69, 9.17) is 0 Å². The van der Waals surface area contributed by atoms with Crippen LogP contribution in [0.15, 0.2) is 30.3 Å². The molecule has 4 nitrogen and oxygen atoms in total. The number of carbonyl (C=O) groups is 2. The van der Waals surface area contributed by atoms with Crippen molar-refractivity contribution >= 4 is 11.8 Å². The van der Waals surface area contributed by atoms with E-state index < -0.39 is 6.04 Å². The van der Waals surface area contributed by atoms with E-state index in [2.05, 4.69) is 5.32 Å². The molecule has 1 aromatic rings. The van der Waals surface area contributed by atoms with Gasteiger partial charge in [-0.25, -0.2) is 0 Å². The lowest BCUT2D eigenvalue weighted by Crippen LogP contribution is -2.49. The number of rotatable bonds is 9. The normalized spacial score (nSPS) is 11.8. The second-order valence-corrected chi connectivity index (χ2v) is 5.47. The smallest absolute Gasteiger partial charge is 0.242 e. The minimum absolute atomic E-state index is 0.0462. The Hall–Kier alpha value is -1.84. The van der Waals surface area contributed by atoms with E-state index in [9.17, 15) is 9.59 Å². The van der Waals surface area contributed by atoms with Crippen LogP contribution in [0.25, 0.3) is 0 Å². The third-order valence-electron chi connectivity index (χ3n) is 3.59. The lowest BCUT2D eigenvalue weighted by atomic mass is 10.1. The number of hydrogen-bond donors (Lipinski definition) is 1. The Kier molecular flexibility index (Phi) is 8.26. The maximum atomic E-state index is 12.5. The van der Waals surface area contributed by atoms with Crippen LogP contribution in [-0.2, 0) is 16.1 Å². The number of carbonyl (C=O) groups excluding carboxylic acids is 2. The van der Waals surface area contributed by atoms with Gasteiger partial charge in [-0.05, 0) is 24.8 Å². The van der Waals surface area contributed by atoms with Gasteiger partial charge in [-0.3, -0.25) is 9.59 Å². The molecule has 4 heteroatoms. The summed E-state index contributed by atoms with van der Waals surface area (Å²) in [5, 5.41) is 2.91. The maximum absolute atomic E-state index is 12.5. The molecule has 0 aromatic heterocycles. The average Bonchev–Trinajstić information content (AvgIpc) is 2.53. The number of nitrogens with one attached hydrogen (secondary N) is 1. The van der Waals surface area contributed by atoms with E-state index in [0.29, 0.717) is 25.9 Å². The molecule has 0 saturated carbocycles. The topological polar surface area (TPSA) is 49.4 Å². The molecule has 1 rings (SSSR count). The Morgan fingerprint density at radius 1 is 1.09 bits per heavy atom. The molecule has 1 unspecified atom stereocenters. The van der Waals surface area contributed by atoms with Gasteiger partial charge < -0.3 is 10.2 Å². The first kappa shape index (κ1) is 18.2. The van der Waals surface area contributed by atoms with Crippen molar-refractivity contribution in [1.29, 1.82) is 0 Å². The van der Waals surface area contributed by atoms with E-state index >= 15 is 0 Å². The van der Waals surface area contributed by atoms with Crippen LogP contribution in [0.1, 0.15) is 52.0 Å². The molecule has 0 fully saturated rings. The fraction of sp³-hybridized carbons (Fsp3) is 0.556. The number of benzene rings is 1. The van der Waals surface area contributed by atoms with E-state index in [1.54, 1.807) is 4.90 Å². The van der Waals surface area contributed by atoms with Crippen LogP contribution in [0.4, 0.5) is 0 Å². The van der Waals surface area contributed by atoms with Crippen molar-refractivity contribution in [2.75, 3.05) is 6.54 Å². The molecule has 22 heavy (non-hydrogen) atoms. The van der Waals surface area contributed by atoms with Crippen LogP contribution >= 0.6 is 0 Å². The van der Waals surface area contributed by atoms with Gasteiger partial charge in [-0.15, -0.1) is 0 Å². The van der Waals surface area contributed by atoms with Gasteiger partial charge in [0.2, 0.25) is 11.8 Å². The molecule has 0 saturated heterocycles. The molecular weight excluding hydrogens is 276 g/mol. The summed E-state index contributed by atoms with van der Waals surface area (Å²) in [4.78, 5) is 26.6.